The first kappa shape index (κ1) is 14.9. The van der Waals surface area contributed by atoms with Crippen LogP contribution in [0.3, 0.4) is 0 Å². The largest absolute Gasteiger partial charge is 0.381 e. The van der Waals surface area contributed by atoms with Crippen LogP contribution < -0.4 is 5.32 Å². The van der Waals surface area contributed by atoms with Crippen molar-refractivity contribution in [2.45, 2.75) is 59.5 Å². The van der Waals surface area contributed by atoms with Gasteiger partial charge in [-0.25, -0.2) is 0 Å². The van der Waals surface area contributed by atoms with Gasteiger partial charge in [-0.2, -0.15) is 0 Å². The summed E-state index contributed by atoms with van der Waals surface area (Å²) < 4.78 is 5.32. The predicted octanol–water partition coefficient (Wildman–Crippen LogP) is 3.22. The Balaban J connectivity index is 3.25. The molecule has 0 heterocycles. The summed E-state index contributed by atoms with van der Waals surface area (Å²) in [5, 5.41) is 3.48. The highest BCUT2D eigenvalue weighted by Crippen LogP contribution is 2.19. The van der Waals surface area contributed by atoms with E-state index in [0.29, 0.717) is 11.5 Å². The zero-order valence-corrected chi connectivity index (χ0v) is 11.2. The van der Waals surface area contributed by atoms with E-state index in [-0.39, 0.29) is 0 Å². The third-order valence-electron chi connectivity index (χ3n) is 2.71. The molecule has 0 aromatic carbocycles. The molecular weight excluding hydrogens is 186 g/mol. The maximum Gasteiger partial charge on any atom is 0.0580 e. The van der Waals surface area contributed by atoms with E-state index in [1.807, 2.05) is 0 Å². The SMILES string of the molecule is CCC(CCNCCCC(C)(C)C)OC. The minimum absolute atomic E-state index is 0.431. The first-order valence-electron chi connectivity index (χ1n) is 6.23. The summed E-state index contributed by atoms with van der Waals surface area (Å²) in [6.07, 6.45) is 5.23. The van der Waals surface area contributed by atoms with Gasteiger partial charge in [-0.05, 0) is 44.2 Å². The molecule has 0 aromatic heterocycles. The number of nitrogens with one attached hydrogen (secondary N) is 1. The van der Waals surface area contributed by atoms with Crippen molar-refractivity contribution in [2.24, 2.45) is 5.41 Å². The third-order valence-corrected chi connectivity index (χ3v) is 2.71. The lowest BCUT2D eigenvalue weighted by molar-refractivity contribution is 0.0921. The van der Waals surface area contributed by atoms with Crippen LogP contribution in [-0.4, -0.2) is 26.3 Å². The van der Waals surface area contributed by atoms with Crippen LogP contribution in [0.25, 0.3) is 0 Å². The summed E-state index contributed by atoms with van der Waals surface area (Å²) in [6.45, 7) is 11.3. The van der Waals surface area contributed by atoms with Crippen molar-refractivity contribution in [2.75, 3.05) is 20.2 Å². The lowest BCUT2D eigenvalue weighted by Crippen LogP contribution is -2.23. The number of ether oxygens (including phenoxy) is 1. The van der Waals surface area contributed by atoms with Crippen molar-refractivity contribution in [1.29, 1.82) is 0 Å². The van der Waals surface area contributed by atoms with Gasteiger partial charge in [0.2, 0.25) is 0 Å². The van der Waals surface area contributed by atoms with Gasteiger partial charge in [0, 0.05) is 7.11 Å². The van der Waals surface area contributed by atoms with E-state index in [4.69, 9.17) is 4.74 Å². The molecule has 92 valence electrons. The topological polar surface area (TPSA) is 21.3 Å². The lowest BCUT2D eigenvalue weighted by atomic mass is 9.91. The molecule has 0 saturated heterocycles. The minimum Gasteiger partial charge on any atom is -0.381 e. The van der Waals surface area contributed by atoms with Crippen molar-refractivity contribution >= 4 is 0 Å². The van der Waals surface area contributed by atoms with E-state index in [9.17, 15) is 0 Å². The predicted molar refractivity (Wildman–Crippen MR) is 67.3 cm³/mol. The maximum atomic E-state index is 5.32. The zero-order valence-electron chi connectivity index (χ0n) is 11.2. The summed E-state index contributed by atoms with van der Waals surface area (Å²) in [5.41, 5.74) is 0.472. The normalized spacial score (nSPS) is 14.2. The standard InChI is InChI=1S/C13H29NO/c1-6-12(15-5)8-11-14-10-7-9-13(2,3)4/h12,14H,6-11H2,1-5H3. The van der Waals surface area contributed by atoms with Crippen molar-refractivity contribution in [3.63, 3.8) is 0 Å². The average Bonchev–Trinajstić information content (AvgIpc) is 2.15. The van der Waals surface area contributed by atoms with Crippen LogP contribution in [0.15, 0.2) is 0 Å². The van der Waals surface area contributed by atoms with Gasteiger partial charge in [-0.15, -0.1) is 0 Å². The van der Waals surface area contributed by atoms with Gasteiger partial charge in [-0.3, -0.25) is 0 Å². The Labute approximate surface area is 95.8 Å². The van der Waals surface area contributed by atoms with Crippen molar-refractivity contribution in [1.82, 2.24) is 5.32 Å². The fourth-order valence-electron chi connectivity index (χ4n) is 1.62. The van der Waals surface area contributed by atoms with Crippen molar-refractivity contribution in [3.05, 3.63) is 0 Å². The molecule has 0 spiro atoms. The molecule has 1 atom stereocenters. The molecule has 0 aliphatic rings. The van der Waals surface area contributed by atoms with E-state index in [2.05, 4.69) is 33.0 Å². The Bertz CT molecular complexity index is 136. The fourth-order valence-corrected chi connectivity index (χ4v) is 1.62. The van der Waals surface area contributed by atoms with E-state index < -0.39 is 0 Å². The van der Waals surface area contributed by atoms with Gasteiger partial charge < -0.3 is 10.1 Å². The van der Waals surface area contributed by atoms with E-state index in [1.165, 1.54) is 12.8 Å². The lowest BCUT2D eigenvalue weighted by Gasteiger charge is -2.18. The Morgan fingerprint density at radius 3 is 2.33 bits per heavy atom. The number of hydrogen-bond donors (Lipinski definition) is 1. The second-order valence-corrected chi connectivity index (χ2v) is 5.47. The molecule has 0 aromatic rings. The molecule has 0 radical (unpaired) electrons. The van der Waals surface area contributed by atoms with Gasteiger partial charge in [0.25, 0.3) is 0 Å². The molecule has 2 nitrogen and oxygen atoms in total. The molecular formula is C13H29NO. The molecule has 0 fully saturated rings. The molecule has 15 heavy (non-hydrogen) atoms. The summed E-state index contributed by atoms with van der Waals surface area (Å²) in [7, 11) is 1.80. The van der Waals surface area contributed by atoms with Gasteiger partial charge in [0.15, 0.2) is 0 Å². The monoisotopic (exact) mass is 215 g/mol. The van der Waals surface area contributed by atoms with Crippen LogP contribution >= 0.6 is 0 Å². The van der Waals surface area contributed by atoms with Gasteiger partial charge in [0.05, 0.1) is 6.10 Å². The highest BCUT2D eigenvalue weighted by Gasteiger charge is 2.08. The average molecular weight is 215 g/mol. The molecule has 0 aliphatic carbocycles. The number of methoxy groups -OCH3 is 1. The quantitative estimate of drug-likeness (QED) is 0.628. The van der Waals surface area contributed by atoms with Crippen LogP contribution in [0, 0.1) is 5.41 Å². The Morgan fingerprint density at radius 1 is 1.20 bits per heavy atom. The Morgan fingerprint density at radius 2 is 1.87 bits per heavy atom. The van der Waals surface area contributed by atoms with E-state index in [0.717, 1.165) is 25.9 Å². The molecule has 1 N–H and O–H groups in total. The van der Waals surface area contributed by atoms with E-state index >= 15 is 0 Å². The summed E-state index contributed by atoms with van der Waals surface area (Å²) >= 11 is 0. The van der Waals surface area contributed by atoms with Crippen LogP contribution in [0.5, 0.6) is 0 Å². The molecule has 0 aliphatic heterocycles. The van der Waals surface area contributed by atoms with Crippen LogP contribution in [-0.2, 0) is 4.74 Å². The molecule has 0 bridgehead atoms. The molecule has 2 heteroatoms. The van der Waals surface area contributed by atoms with E-state index in [1.54, 1.807) is 7.11 Å². The minimum atomic E-state index is 0.431. The van der Waals surface area contributed by atoms with Crippen LogP contribution in [0.2, 0.25) is 0 Å². The maximum absolute atomic E-state index is 5.32. The third kappa shape index (κ3) is 10.2. The first-order valence-corrected chi connectivity index (χ1v) is 6.23. The van der Waals surface area contributed by atoms with Gasteiger partial charge in [-0.1, -0.05) is 27.7 Å². The highest BCUT2D eigenvalue weighted by molar-refractivity contribution is 4.63. The second-order valence-electron chi connectivity index (χ2n) is 5.47. The second kappa shape index (κ2) is 8.12. The molecule has 0 saturated carbocycles. The smallest absolute Gasteiger partial charge is 0.0580 e. The first-order chi connectivity index (χ1) is 6.99. The van der Waals surface area contributed by atoms with Crippen molar-refractivity contribution < 1.29 is 4.74 Å². The summed E-state index contributed by atoms with van der Waals surface area (Å²) in [4.78, 5) is 0. The number of hydrogen-bond acceptors (Lipinski definition) is 2. The highest BCUT2D eigenvalue weighted by atomic mass is 16.5. The molecule has 0 rings (SSSR count). The molecule has 1 unspecified atom stereocenters. The van der Waals surface area contributed by atoms with Gasteiger partial charge >= 0.3 is 0 Å². The summed E-state index contributed by atoms with van der Waals surface area (Å²) in [6, 6.07) is 0. The zero-order chi connectivity index (χ0) is 11.7. The molecule has 0 amide bonds. The number of rotatable bonds is 8. The van der Waals surface area contributed by atoms with Crippen LogP contribution in [0.1, 0.15) is 53.4 Å². The van der Waals surface area contributed by atoms with Crippen LogP contribution in [0.4, 0.5) is 0 Å². The van der Waals surface area contributed by atoms with Gasteiger partial charge in [0.1, 0.15) is 0 Å². The Kier molecular flexibility index (Phi) is 8.07. The van der Waals surface area contributed by atoms with Crippen molar-refractivity contribution in [3.8, 4) is 0 Å². The Hall–Kier alpha value is -0.0800. The summed E-state index contributed by atoms with van der Waals surface area (Å²) in [5.74, 6) is 0. The fraction of sp³-hybridized carbons (Fsp3) is 1.00.